The molecule has 3 rings (SSSR count). The summed E-state index contributed by atoms with van der Waals surface area (Å²) in [5, 5.41) is 2.81. The van der Waals surface area contributed by atoms with E-state index in [1.54, 1.807) is 12.1 Å². The first-order valence-corrected chi connectivity index (χ1v) is 8.12. The molecule has 0 saturated carbocycles. The lowest BCUT2D eigenvalue weighted by atomic mass is 10.2. The number of carbonyl (C=O) groups is 2. The summed E-state index contributed by atoms with van der Waals surface area (Å²) in [5.74, 6) is -0.686. The van der Waals surface area contributed by atoms with Crippen LogP contribution in [0.4, 0.5) is 11.4 Å². The van der Waals surface area contributed by atoms with Crippen molar-refractivity contribution in [2.24, 2.45) is 5.73 Å². The number of benzene rings is 2. The summed E-state index contributed by atoms with van der Waals surface area (Å²) in [6.45, 7) is 0.608. The minimum absolute atomic E-state index is 0.0774. The maximum Gasteiger partial charge on any atom is 0.258 e. The van der Waals surface area contributed by atoms with Gasteiger partial charge in [0.15, 0.2) is 0 Å². The maximum absolute atomic E-state index is 12.2. The Hall–Kier alpha value is -3.54. The van der Waals surface area contributed by atoms with Gasteiger partial charge in [0.25, 0.3) is 5.91 Å². The summed E-state index contributed by atoms with van der Waals surface area (Å²) in [4.78, 5) is 25.5. The van der Waals surface area contributed by atoms with Gasteiger partial charge >= 0.3 is 0 Å². The second-order valence-corrected chi connectivity index (χ2v) is 5.82. The molecule has 6 heteroatoms. The highest BCUT2D eigenvalue weighted by Crippen LogP contribution is 2.22. The molecule has 0 aliphatic carbocycles. The van der Waals surface area contributed by atoms with E-state index in [-0.39, 0.29) is 12.5 Å². The fourth-order valence-electron chi connectivity index (χ4n) is 2.61. The highest BCUT2D eigenvalue weighted by atomic mass is 16.3. The van der Waals surface area contributed by atoms with Gasteiger partial charge in [-0.1, -0.05) is 36.4 Å². The standard InChI is InChI=1S/C20H19N3O3/c21-19(24)13-23(12-15-5-2-1-3-6-15)18-8-4-7-17(11-18)22-20(25)16-9-10-26-14-16/h1-11,14H,12-13H2,(H2,21,24)(H,22,25). The van der Waals surface area contributed by atoms with E-state index in [4.69, 9.17) is 10.2 Å². The molecule has 0 bridgehead atoms. The van der Waals surface area contributed by atoms with Crippen LogP contribution in [0.15, 0.2) is 77.6 Å². The molecule has 0 atom stereocenters. The Kier molecular flexibility index (Phi) is 5.34. The van der Waals surface area contributed by atoms with Gasteiger partial charge < -0.3 is 20.4 Å². The first kappa shape index (κ1) is 17.3. The highest BCUT2D eigenvalue weighted by molar-refractivity contribution is 6.04. The molecule has 2 amide bonds. The lowest BCUT2D eigenvalue weighted by Gasteiger charge is -2.24. The Morgan fingerprint density at radius 3 is 2.54 bits per heavy atom. The van der Waals surface area contributed by atoms with E-state index < -0.39 is 5.91 Å². The second kappa shape index (κ2) is 8.02. The van der Waals surface area contributed by atoms with Crippen LogP contribution in [-0.2, 0) is 11.3 Å². The Balaban J connectivity index is 1.80. The Bertz CT molecular complexity index is 876. The van der Waals surface area contributed by atoms with Crippen LogP contribution < -0.4 is 16.0 Å². The summed E-state index contributed by atoms with van der Waals surface area (Å²) in [6, 6.07) is 18.7. The molecule has 0 saturated heterocycles. The van der Waals surface area contributed by atoms with Crippen LogP contribution in [0.25, 0.3) is 0 Å². The van der Waals surface area contributed by atoms with Gasteiger partial charge in [-0.25, -0.2) is 0 Å². The first-order chi connectivity index (χ1) is 12.6. The Labute approximate surface area is 151 Å². The van der Waals surface area contributed by atoms with Crippen molar-refractivity contribution in [3.63, 3.8) is 0 Å². The van der Waals surface area contributed by atoms with Crippen LogP contribution in [0.5, 0.6) is 0 Å². The lowest BCUT2D eigenvalue weighted by molar-refractivity contribution is -0.116. The lowest BCUT2D eigenvalue weighted by Crippen LogP contribution is -2.33. The van der Waals surface area contributed by atoms with Crippen molar-refractivity contribution in [1.29, 1.82) is 0 Å². The van der Waals surface area contributed by atoms with Crippen molar-refractivity contribution < 1.29 is 14.0 Å². The smallest absolute Gasteiger partial charge is 0.258 e. The molecule has 1 heterocycles. The van der Waals surface area contributed by atoms with E-state index >= 15 is 0 Å². The fraction of sp³-hybridized carbons (Fsp3) is 0.100. The Morgan fingerprint density at radius 1 is 1.04 bits per heavy atom. The van der Waals surface area contributed by atoms with Gasteiger partial charge in [-0.2, -0.15) is 0 Å². The number of carbonyl (C=O) groups excluding carboxylic acids is 2. The normalized spacial score (nSPS) is 10.3. The van der Waals surface area contributed by atoms with Crippen molar-refractivity contribution in [3.05, 3.63) is 84.3 Å². The molecule has 0 unspecified atom stereocenters. The van der Waals surface area contributed by atoms with Gasteiger partial charge in [-0.05, 0) is 29.8 Å². The number of primary amides is 1. The molecule has 0 aliphatic heterocycles. The average Bonchev–Trinajstić information content (AvgIpc) is 3.17. The topological polar surface area (TPSA) is 88.6 Å². The van der Waals surface area contributed by atoms with Crippen LogP contribution in [0, 0.1) is 0 Å². The third kappa shape index (κ3) is 4.51. The van der Waals surface area contributed by atoms with Crippen LogP contribution >= 0.6 is 0 Å². The van der Waals surface area contributed by atoms with Crippen molar-refractivity contribution in [2.45, 2.75) is 6.54 Å². The van der Waals surface area contributed by atoms with E-state index in [1.807, 2.05) is 53.4 Å². The molecule has 0 aliphatic rings. The van der Waals surface area contributed by atoms with Crippen LogP contribution in [0.3, 0.4) is 0 Å². The van der Waals surface area contributed by atoms with E-state index in [2.05, 4.69) is 5.32 Å². The van der Waals surface area contributed by atoms with Gasteiger partial charge in [-0.3, -0.25) is 9.59 Å². The number of nitrogens with two attached hydrogens (primary N) is 1. The molecule has 132 valence electrons. The fourth-order valence-corrected chi connectivity index (χ4v) is 2.61. The summed E-state index contributed by atoms with van der Waals surface area (Å²) >= 11 is 0. The summed E-state index contributed by atoms with van der Waals surface area (Å²) in [5.41, 5.74) is 8.31. The molecule has 26 heavy (non-hydrogen) atoms. The van der Waals surface area contributed by atoms with Crippen LogP contribution in [0.1, 0.15) is 15.9 Å². The van der Waals surface area contributed by atoms with Gasteiger partial charge in [0.05, 0.1) is 18.4 Å². The molecule has 2 aromatic carbocycles. The number of hydrogen-bond acceptors (Lipinski definition) is 4. The molecule has 3 aromatic rings. The number of anilines is 2. The monoisotopic (exact) mass is 349 g/mol. The maximum atomic E-state index is 12.2. The number of furan rings is 1. The number of hydrogen-bond donors (Lipinski definition) is 2. The molecule has 0 radical (unpaired) electrons. The molecule has 0 fully saturated rings. The van der Waals surface area contributed by atoms with Gasteiger partial charge in [-0.15, -0.1) is 0 Å². The Morgan fingerprint density at radius 2 is 1.85 bits per heavy atom. The third-order valence-electron chi connectivity index (χ3n) is 3.82. The van der Waals surface area contributed by atoms with Crippen molar-refractivity contribution in [2.75, 3.05) is 16.8 Å². The SMILES string of the molecule is NC(=O)CN(Cc1ccccc1)c1cccc(NC(=O)c2ccoc2)c1. The van der Waals surface area contributed by atoms with Gasteiger partial charge in [0, 0.05) is 17.9 Å². The number of amides is 2. The van der Waals surface area contributed by atoms with E-state index in [0.29, 0.717) is 17.8 Å². The van der Waals surface area contributed by atoms with E-state index in [9.17, 15) is 9.59 Å². The number of nitrogens with one attached hydrogen (secondary N) is 1. The summed E-state index contributed by atoms with van der Waals surface area (Å²) in [6.07, 6.45) is 2.83. The highest BCUT2D eigenvalue weighted by Gasteiger charge is 2.12. The quantitative estimate of drug-likeness (QED) is 0.686. The van der Waals surface area contributed by atoms with Crippen molar-refractivity contribution in [1.82, 2.24) is 0 Å². The predicted octanol–water partition coefficient (Wildman–Crippen LogP) is 3.02. The second-order valence-electron chi connectivity index (χ2n) is 5.82. The summed E-state index contributed by atoms with van der Waals surface area (Å²) in [7, 11) is 0. The van der Waals surface area contributed by atoms with Gasteiger partial charge in [0.1, 0.15) is 6.26 Å². The largest absolute Gasteiger partial charge is 0.472 e. The predicted molar refractivity (Wildman–Crippen MR) is 99.8 cm³/mol. The molecule has 1 aromatic heterocycles. The van der Waals surface area contributed by atoms with Crippen LogP contribution in [0.2, 0.25) is 0 Å². The van der Waals surface area contributed by atoms with E-state index in [1.165, 1.54) is 12.5 Å². The molecular weight excluding hydrogens is 330 g/mol. The minimum Gasteiger partial charge on any atom is -0.472 e. The number of rotatable bonds is 7. The molecular formula is C20H19N3O3. The van der Waals surface area contributed by atoms with E-state index in [0.717, 1.165) is 11.3 Å². The van der Waals surface area contributed by atoms with Crippen molar-refractivity contribution in [3.8, 4) is 0 Å². The zero-order valence-corrected chi connectivity index (χ0v) is 14.1. The first-order valence-electron chi connectivity index (χ1n) is 8.12. The minimum atomic E-state index is -0.422. The van der Waals surface area contributed by atoms with Crippen molar-refractivity contribution >= 4 is 23.2 Å². The third-order valence-corrected chi connectivity index (χ3v) is 3.82. The molecule has 6 nitrogen and oxygen atoms in total. The number of nitrogens with zero attached hydrogens (tertiary/aromatic N) is 1. The molecule has 0 spiro atoms. The molecule has 3 N–H and O–H groups in total. The average molecular weight is 349 g/mol. The zero-order valence-electron chi connectivity index (χ0n) is 14.1. The zero-order chi connectivity index (χ0) is 18.4. The van der Waals surface area contributed by atoms with Crippen LogP contribution in [-0.4, -0.2) is 18.4 Å². The van der Waals surface area contributed by atoms with Gasteiger partial charge in [0.2, 0.25) is 5.91 Å². The summed E-state index contributed by atoms with van der Waals surface area (Å²) < 4.78 is 4.92.